The van der Waals surface area contributed by atoms with Gasteiger partial charge in [0.25, 0.3) is 0 Å². The highest BCUT2D eigenvalue weighted by Gasteiger charge is 2.28. The summed E-state index contributed by atoms with van der Waals surface area (Å²) in [6, 6.07) is 5.90. The van der Waals surface area contributed by atoms with Gasteiger partial charge in [-0.2, -0.15) is 0 Å². The largest absolute Gasteiger partial charge is 0.497 e. The van der Waals surface area contributed by atoms with Gasteiger partial charge >= 0.3 is 0 Å². The highest BCUT2D eigenvalue weighted by molar-refractivity contribution is 7.89. The van der Waals surface area contributed by atoms with E-state index in [1.807, 2.05) is 0 Å². The van der Waals surface area contributed by atoms with Crippen LogP contribution < -0.4 is 9.46 Å². The second-order valence-electron chi connectivity index (χ2n) is 4.76. The van der Waals surface area contributed by atoms with Gasteiger partial charge in [0, 0.05) is 12.1 Å². The average molecular weight is 285 g/mol. The summed E-state index contributed by atoms with van der Waals surface area (Å²) in [5, 5.41) is 9.83. The van der Waals surface area contributed by atoms with E-state index in [0.717, 1.165) is 12.8 Å². The summed E-state index contributed by atoms with van der Waals surface area (Å²) in [7, 11) is -2.13. The Balaban J connectivity index is 2.17. The van der Waals surface area contributed by atoms with Crippen molar-refractivity contribution in [3.63, 3.8) is 0 Å². The summed E-state index contributed by atoms with van der Waals surface area (Å²) in [5.74, 6) is 0.493. The van der Waals surface area contributed by atoms with Gasteiger partial charge in [-0.25, -0.2) is 13.1 Å². The molecule has 6 heteroatoms. The molecular weight excluding hydrogens is 266 g/mol. The van der Waals surface area contributed by atoms with E-state index in [0.29, 0.717) is 18.6 Å². The number of sulfonamides is 1. The lowest BCUT2D eigenvalue weighted by Crippen LogP contribution is -2.44. The molecule has 106 valence electrons. The first kappa shape index (κ1) is 14.3. The fraction of sp³-hybridized carbons (Fsp3) is 0.538. The standard InChI is InChI=1S/C13H19NO4S/c1-18-10-5-4-6-11(9-10)19(16,17)14-12-7-2-3-8-13(12)15/h4-6,9,12-15H,2-3,7-8H2,1H3. The van der Waals surface area contributed by atoms with Crippen LogP contribution in [0.15, 0.2) is 29.2 Å². The fourth-order valence-corrected chi connectivity index (χ4v) is 3.62. The number of aliphatic hydroxyl groups is 1. The van der Waals surface area contributed by atoms with Crippen molar-refractivity contribution in [2.24, 2.45) is 0 Å². The number of hydrogen-bond donors (Lipinski definition) is 2. The Bertz CT molecular complexity index is 529. The van der Waals surface area contributed by atoms with Gasteiger partial charge in [-0.15, -0.1) is 0 Å². The van der Waals surface area contributed by atoms with E-state index in [1.165, 1.54) is 19.2 Å². The number of ether oxygens (including phenoxy) is 1. The third-order valence-corrected chi connectivity index (χ3v) is 4.88. The minimum Gasteiger partial charge on any atom is -0.497 e. The molecule has 1 aromatic rings. The molecule has 1 aliphatic rings. The molecule has 2 atom stereocenters. The Morgan fingerprint density at radius 2 is 2.05 bits per heavy atom. The molecule has 1 saturated carbocycles. The lowest BCUT2D eigenvalue weighted by molar-refractivity contribution is 0.101. The molecule has 0 aromatic heterocycles. The van der Waals surface area contributed by atoms with Crippen molar-refractivity contribution in [3.8, 4) is 5.75 Å². The Morgan fingerprint density at radius 3 is 2.74 bits per heavy atom. The van der Waals surface area contributed by atoms with E-state index < -0.39 is 22.2 Å². The van der Waals surface area contributed by atoms with Crippen molar-refractivity contribution in [1.29, 1.82) is 0 Å². The molecule has 0 heterocycles. The third-order valence-electron chi connectivity index (χ3n) is 3.39. The van der Waals surface area contributed by atoms with E-state index >= 15 is 0 Å². The fourth-order valence-electron chi connectivity index (χ4n) is 2.28. The second-order valence-corrected chi connectivity index (χ2v) is 6.47. The van der Waals surface area contributed by atoms with Crippen LogP contribution in [0, 0.1) is 0 Å². The van der Waals surface area contributed by atoms with E-state index in [2.05, 4.69) is 4.72 Å². The lowest BCUT2D eigenvalue weighted by atomic mass is 9.93. The molecule has 0 saturated heterocycles. The first-order valence-corrected chi connectivity index (χ1v) is 7.86. The van der Waals surface area contributed by atoms with Crippen LogP contribution in [0.3, 0.4) is 0 Å². The molecule has 5 nitrogen and oxygen atoms in total. The molecule has 0 bridgehead atoms. The molecule has 0 amide bonds. The van der Waals surface area contributed by atoms with E-state index in [1.54, 1.807) is 12.1 Å². The summed E-state index contributed by atoms with van der Waals surface area (Å²) in [4.78, 5) is 0.157. The highest BCUT2D eigenvalue weighted by Crippen LogP contribution is 2.22. The van der Waals surface area contributed by atoms with Gasteiger partial charge in [-0.3, -0.25) is 0 Å². The summed E-state index contributed by atoms with van der Waals surface area (Å²) in [5.41, 5.74) is 0. The van der Waals surface area contributed by atoms with E-state index in [-0.39, 0.29) is 4.90 Å². The highest BCUT2D eigenvalue weighted by atomic mass is 32.2. The Labute approximate surface area is 113 Å². The number of nitrogens with one attached hydrogen (secondary N) is 1. The van der Waals surface area contributed by atoms with Gasteiger partial charge in [-0.05, 0) is 25.0 Å². The normalized spacial score (nSPS) is 24.1. The molecule has 1 fully saturated rings. The maximum absolute atomic E-state index is 12.2. The molecule has 1 aliphatic carbocycles. The predicted molar refractivity (Wildman–Crippen MR) is 71.6 cm³/mol. The summed E-state index contributed by atoms with van der Waals surface area (Å²) in [6.07, 6.45) is 2.59. The maximum Gasteiger partial charge on any atom is 0.241 e. The van der Waals surface area contributed by atoms with Crippen LogP contribution in [0.1, 0.15) is 25.7 Å². The van der Waals surface area contributed by atoms with Crippen molar-refractivity contribution < 1.29 is 18.3 Å². The van der Waals surface area contributed by atoms with Crippen molar-refractivity contribution in [2.75, 3.05) is 7.11 Å². The van der Waals surface area contributed by atoms with Crippen molar-refractivity contribution >= 4 is 10.0 Å². The van der Waals surface area contributed by atoms with Gasteiger partial charge in [0.1, 0.15) is 5.75 Å². The summed E-state index contributed by atoms with van der Waals surface area (Å²) >= 11 is 0. The molecule has 2 rings (SSSR count). The quantitative estimate of drug-likeness (QED) is 0.873. The first-order valence-electron chi connectivity index (χ1n) is 6.37. The molecule has 0 aliphatic heterocycles. The molecule has 2 N–H and O–H groups in total. The molecule has 0 spiro atoms. The van der Waals surface area contributed by atoms with Crippen LogP contribution in [0.5, 0.6) is 5.75 Å². The van der Waals surface area contributed by atoms with Crippen LogP contribution in [0.4, 0.5) is 0 Å². The molecule has 19 heavy (non-hydrogen) atoms. The van der Waals surface area contributed by atoms with Gasteiger partial charge in [0.2, 0.25) is 10.0 Å². The number of methoxy groups -OCH3 is 1. The zero-order valence-electron chi connectivity index (χ0n) is 10.9. The molecule has 0 radical (unpaired) electrons. The van der Waals surface area contributed by atoms with Crippen LogP contribution in [-0.2, 0) is 10.0 Å². The van der Waals surface area contributed by atoms with Gasteiger partial charge in [0.05, 0.1) is 18.1 Å². The Kier molecular flexibility index (Phi) is 4.44. The number of hydrogen-bond acceptors (Lipinski definition) is 4. The SMILES string of the molecule is COc1cccc(S(=O)(=O)NC2CCCCC2O)c1. The van der Waals surface area contributed by atoms with Crippen molar-refractivity contribution in [3.05, 3.63) is 24.3 Å². The smallest absolute Gasteiger partial charge is 0.241 e. The van der Waals surface area contributed by atoms with Crippen molar-refractivity contribution in [1.82, 2.24) is 4.72 Å². The first-order chi connectivity index (χ1) is 9.03. The summed E-state index contributed by atoms with van der Waals surface area (Å²) in [6.45, 7) is 0. The predicted octanol–water partition coefficient (Wildman–Crippen LogP) is 1.28. The minimum atomic E-state index is -3.62. The monoisotopic (exact) mass is 285 g/mol. The second kappa shape index (κ2) is 5.90. The number of rotatable bonds is 4. The zero-order valence-corrected chi connectivity index (χ0v) is 11.7. The number of benzene rings is 1. The van der Waals surface area contributed by atoms with Gasteiger partial charge < -0.3 is 9.84 Å². The van der Waals surface area contributed by atoms with Crippen LogP contribution in [-0.4, -0.2) is 32.8 Å². The Hall–Kier alpha value is -1.11. The summed E-state index contributed by atoms with van der Waals surface area (Å²) < 4.78 is 32.1. The van der Waals surface area contributed by atoms with Crippen molar-refractivity contribution in [2.45, 2.75) is 42.7 Å². The zero-order chi connectivity index (χ0) is 13.9. The topological polar surface area (TPSA) is 75.6 Å². The molecular formula is C13H19NO4S. The van der Waals surface area contributed by atoms with Gasteiger partial charge in [0.15, 0.2) is 0 Å². The van der Waals surface area contributed by atoms with Gasteiger partial charge in [-0.1, -0.05) is 18.9 Å². The van der Waals surface area contributed by atoms with Crippen LogP contribution in [0.2, 0.25) is 0 Å². The van der Waals surface area contributed by atoms with E-state index in [4.69, 9.17) is 4.74 Å². The van der Waals surface area contributed by atoms with E-state index in [9.17, 15) is 13.5 Å². The minimum absolute atomic E-state index is 0.157. The lowest BCUT2D eigenvalue weighted by Gasteiger charge is -2.28. The van der Waals surface area contributed by atoms with Crippen LogP contribution >= 0.6 is 0 Å². The molecule has 1 aromatic carbocycles. The average Bonchev–Trinajstić information content (AvgIpc) is 2.41. The van der Waals surface area contributed by atoms with Crippen LogP contribution in [0.25, 0.3) is 0 Å². The Morgan fingerprint density at radius 1 is 1.32 bits per heavy atom. The maximum atomic E-state index is 12.2. The number of aliphatic hydroxyl groups excluding tert-OH is 1. The third kappa shape index (κ3) is 3.46. The molecule has 2 unspecified atom stereocenters.